The third-order valence-corrected chi connectivity index (χ3v) is 2.72. The van der Waals surface area contributed by atoms with Crippen molar-refractivity contribution in [3.05, 3.63) is 29.3 Å². The molecule has 0 aromatic heterocycles. The average molecular weight is 297 g/mol. The average Bonchev–Trinajstić information content (AvgIpc) is 2.33. The fourth-order valence-corrected chi connectivity index (χ4v) is 1.72. The second-order valence-corrected chi connectivity index (χ2v) is 5.96. The van der Waals surface area contributed by atoms with E-state index in [0.29, 0.717) is 0 Å². The van der Waals surface area contributed by atoms with Gasteiger partial charge in [0.25, 0.3) is 0 Å². The zero-order chi connectivity index (χ0) is 16.2. The number of nitrogens with one attached hydrogen (secondary N) is 1. The monoisotopic (exact) mass is 297 g/mol. The summed E-state index contributed by atoms with van der Waals surface area (Å²) in [6, 6.07) is 4.74. The van der Waals surface area contributed by atoms with Crippen molar-refractivity contribution in [1.82, 2.24) is 5.32 Å². The Balaban J connectivity index is 2.59. The number of ether oxygens (including phenoxy) is 1. The van der Waals surface area contributed by atoms with Gasteiger partial charge in [-0.1, -0.05) is 12.1 Å². The Morgan fingerprint density at radius 3 is 2.48 bits per heavy atom. The Morgan fingerprint density at radius 2 is 1.95 bits per heavy atom. The van der Waals surface area contributed by atoms with Crippen LogP contribution in [0.2, 0.25) is 0 Å². The van der Waals surface area contributed by atoms with Crippen LogP contribution >= 0.6 is 0 Å². The van der Waals surface area contributed by atoms with Gasteiger partial charge < -0.3 is 25.4 Å². The van der Waals surface area contributed by atoms with Gasteiger partial charge in [0.15, 0.2) is 0 Å². The third-order valence-electron chi connectivity index (χ3n) is 2.72. The number of carbonyl (C=O) groups excluding carboxylic acids is 1. The summed E-state index contributed by atoms with van der Waals surface area (Å²) >= 11 is 0. The second kappa shape index (κ2) is 6.78. The van der Waals surface area contributed by atoms with Crippen LogP contribution < -0.4 is 5.32 Å². The molecule has 0 aliphatic heterocycles. The number of alkyl carbamates (subject to hydrolysis) is 1. The fraction of sp³-hybridized carbons (Fsp3) is 0.533. The Kier molecular flexibility index (Phi) is 5.57. The van der Waals surface area contributed by atoms with Crippen LogP contribution in [-0.4, -0.2) is 39.7 Å². The summed E-state index contributed by atoms with van der Waals surface area (Å²) in [6.45, 7) is 6.78. The molecule has 1 aromatic rings. The quantitative estimate of drug-likeness (QED) is 0.677. The van der Waals surface area contributed by atoms with Gasteiger partial charge in [-0.25, -0.2) is 4.79 Å². The summed E-state index contributed by atoms with van der Waals surface area (Å²) in [5.41, 5.74) is 0.409. The van der Waals surface area contributed by atoms with Crippen molar-refractivity contribution >= 4 is 6.09 Å². The van der Waals surface area contributed by atoms with Gasteiger partial charge in [-0.15, -0.1) is 0 Å². The zero-order valence-corrected chi connectivity index (χ0v) is 12.8. The Hall–Kier alpha value is -1.79. The first-order valence-electron chi connectivity index (χ1n) is 6.72. The van der Waals surface area contributed by atoms with Gasteiger partial charge in [0.05, 0.1) is 0 Å². The lowest BCUT2D eigenvalue weighted by Crippen LogP contribution is -2.38. The first-order valence-corrected chi connectivity index (χ1v) is 6.72. The van der Waals surface area contributed by atoms with Crippen LogP contribution in [0.5, 0.6) is 5.75 Å². The Labute approximate surface area is 124 Å². The molecule has 1 amide bonds. The number of aromatic hydroxyl groups is 1. The summed E-state index contributed by atoms with van der Waals surface area (Å²) in [7, 11) is 0. The number of amides is 1. The first-order chi connectivity index (χ1) is 9.60. The molecule has 1 aromatic carbocycles. The third kappa shape index (κ3) is 5.61. The van der Waals surface area contributed by atoms with E-state index in [1.165, 1.54) is 12.1 Å². The second-order valence-electron chi connectivity index (χ2n) is 5.96. The molecule has 0 fully saturated rings. The number of rotatable bonds is 4. The molecule has 0 radical (unpaired) electrons. The van der Waals surface area contributed by atoms with Crippen LogP contribution in [0.4, 0.5) is 4.79 Å². The molecule has 4 N–H and O–H groups in total. The number of aliphatic hydroxyl groups excluding tert-OH is 2. The molecule has 0 saturated heterocycles. The number of hydrogen-bond donors (Lipinski definition) is 4. The molecular formula is C15H23NO5. The lowest BCUT2D eigenvalue weighted by Gasteiger charge is -2.22. The molecule has 0 heterocycles. The van der Waals surface area contributed by atoms with E-state index >= 15 is 0 Å². The van der Waals surface area contributed by atoms with E-state index in [1.807, 2.05) is 0 Å². The van der Waals surface area contributed by atoms with Crippen LogP contribution in [0.1, 0.15) is 38.0 Å². The molecule has 6 nitrogen and oxygen atoms in total. The van der Waals surface area contributed by atoms with E-state index in [4.69, 9.17) is 4.74 Å². The van der Waals surface area contributed by atoms with E-state index in [0.717, 1.165) is 5.56 Å². The summed E-state index contributed by atoms with van der Waals surface area (Å²) in [6.07, 6.45) is -3.24. The molecule has 6 heteroatoms. The highest BCUT2D eigenvalue weighted by atomic mass is 16.6. The van der Waals surface area contributed by atoms with Crippen LogP contribution in [0.25, 0.3) is 0 Å². The fourth-order valence-electron chi connectivity index (χ4n) is 1.72. The molecule has 0 bridgehead atoms. The maximum Gasteiger partial charge on any atom is 0.407 e. The van der Waals surface area contributed by atoms with E-state index in [-0.39, 0.29) is 17.9 Å². The minimum Gasteiger partial charge on any atom is -0.508 e. The van der Waals surface area contributed by atoms with Crippen molar-refractivity contribution in [1.29, 1.82) is 0 Å². The van der Waals surface area contributed by atoms with Crippen molar-refractivity contribution in [3.63, 3.8) is 0 Å². The van der Waals surface area contributed by atoms with E-state index in [2.05, 4.69) is 5.32 Å². The number of phenolic OH excluding ortho intramolecular Hbond substituents is 1. The topological polar surface area (TPSA) is 99.0 Å². The molecule has 0 aliphatic carbocycles. The number of aliphatic hydroxyl groups is 2. The lowest BCUT2D eigenvalue weighted by molar-refractivity contribution is 0.0119. The van der Waals surface area contributed by atoms with Gasteiger partial charge in [0.1, 0.15) is 23.6 Å². The SMILES string of the molecule is Cc1ccc(C(O)C(O)CNC(=O)OC(C)(C)C)c(O)c1. The molecule has 1 rings (SSSR count). The summed E-state index contributed by atoms with van der Waals surface area (Å²) in [5.74, 6) is -0.0983. The lowest BCUT2D eigenvalue weighted by atomic mass is 10.0. The summed E-state index contributed by atoms with van der Waals surface area (Å²) in [4.78, 5) is 11.5. The van der Waals surface area contributed by atoms with Gasteiger partial charge in [0.2, 0.25) is 0 Å². The predicted octanol–water partition coefficient (Wildman–Crippen LogP) is 1.62. The predicted molar refractivity (Wildman–Crippen MR) is 78.0 cm³/mol. The van der Waals surface area contributed by atoms with Gasteiger partial charge in [-0.3, -0.25) is 0 Å². The van der Waals surface area contributed by atoms with Crippen LogP contribution in [-0.2, 0) is 4.74 Å². The minimum atomic E-state index is -1.31. The van der Waals surface area contributed by atoms with Gasteiger partial charge in [-0.05, 0) is 39.3 Å². The highest BCUT2D eigenvalue weighted by molar-refractivity contribution is 5.67. The summed E-state index contributed by atoms with van der Waals surface area (Å²) in [5, 5.41) is 32.0. The Morgan fingerprint density at radius 1 is 1.33 bits per heavy atom. The highest BCUT2D eigenvalue weighted by Gasteiger charge is 2.23. The van der Waals surface area contributed by atoms with Crippen molar-refractivity contribution in [2.45, 2.75) is 45.5 Å². The maximum absolute atomic E-state index is 11.5. The first kappa shape index (κ1) is 17.3. The van der Waals surface area contributed by atoms with E-state index in [1.54, 1.807) is 33.8 Å². The maximum atomic E-state index is 11.5. The smallest absolute Gasteiger partial charge is 0.407 e. The molecule has 21 heavy (non-hydrogen) atoms. The van der Waals surface area contributed by atoms with Gasteiger partial charge >= 0.3 is 6.09 Å². The number of carbonyl (C=O) groups is 1. The number of benzene rings is 1. The van der Waals surface area contributed by atoms with Crippen LogP contribution in [0, 0.1) is 6.92 Å². The molecular weight excluding hydrogens is 274 g/mol. The van der Waals surface area contributed by atoms with E-state index in [9.17, 15) is 20.1 Å². The number of hydrogen-bond acceptors (Lipinski definition) is 5. The minimum absolute atomic E-state index is 0.0983. The molecule has 0 saturated carbocycles. The summed E-state index contributed by atoms with van der Waals surface area (Å²) < 4.78 is 5.02. The van der Waals surface area contributed by atoms with Crippen molar-refractivity contribution < 1.29 is 24.9 Å². The van der Waals surface area contributed by atoms with Gasteiger partial charge in [-0.2, -0.15) is 0 Å². The normalized spacial score (nSPS) is 14.4. The standard InChI is InChI=1S/C15H23NO5/c1-9-5-6-10(11(17)7-9)13(19)12(18)8-16-14(20)21-15(2,3)4/h5-7,12-13,17-19H,8H2,1-4H3,(H,16,20). The zero-order valence-electron chi connectivity index (χ0n) is 12.8. The molecule has 0 aliphatic rings. The van der Waals surface area contributed by atoms with Crippen LogP contribution in [0.15, 0.2) is 18.2 Å². The highest BCUT2D eigenvalue weighted by Crippen LogP contribution is 2.27. The number of aryl methyl sites for hydroxylation is 1. The largest absolute Gasteiger partial charge is 0.508 e. The van der Waals surface area contributed by atoms with Crippen molar-refractivity contribution in [3.8, 4) is 5.75 Å². The number of phenols is 1. The molecule has 118 valence electrons. The Bertz CT molecular complexity index is 495. The molecule has 2 atom stereocenters. The van der Waals surface area contributed by atoms with Gasteiger partial charge in [0, 0.05) is 12.1 Å². The van der Waals surface area contributed by atoms with Crippen molar-refractivity contribution in [2.75, 3.05) is 6.54 Å². The molecule has 0 spiro atoms. The molecule has 2 unspecified atom stereocenters. The van der Waals surface area contributed by atoms with E-state index < -0.39 is 23.9 Å². The van der Waals surface area contributed by atoms with Crippen molar-refractivity contribution in [2.24, 2.45) is 0 Å². The van der Waals surface area contributed by atoms with Crippen LogP contribution in [0.3, 0.4) is 0 Å².